The molecule has 0 aliphatic rings. The average molecular weight is 333 g/mol. The Kier molecular flexibility index (Phi) is 5.36. The van der Waals surface area contributed by atoms with E-state index in [1.165, 1.54) is 19.2 Å². The summed E-state index contributed by atoms with van der Waals surface area (Å²) >= 11 is 0. The van der Waals surface area contributed by atoms with Crippen molar-refractivity contribution < 1.29 is 27.9 Å². The molecule has 0 saturated heterocycles. The van der Waals surface area contributed by atoms with Gasteiger partial charge in [-0.1, -0.05) is 18.2 Å². The molecule has 0 unspecified atom stereocenters. The molecule has 0 heterocycles. The predicted molar refractivity (Wildman–Crippen MR) is 81.9 cm³/mol. The molecule has 0 bridgehead atoms. The smallest absolute Gasteiger partial charge is 0.338 e. The summed E-state index contributed by atoms with van der Waals surface area (Å²) in [5.74, 6) is -3.92. The van der Waals surface area contributed by atoms with Crippen LogP contribution in [0.3, 0.4) is 0 Å². The fourth-order valence-electron chi connectivity index (χ4n) is 1.97. The lowest BCUT2D eigenvalue weighted by atomic mass is 10.1. The molecule has 0 fully saturated rings. The maximum Gasteiger partial charge on any atom is 0.338 e. The third kappa shape index (κ3) is 3.81. The monoisotopic (exact) mass is 333 g/mol. The van der Waals surface area contributed by atoms with Gasteiger partial charge in [0, 0.05) is 18.7 Å². The molecule has 0 spiro atoms. The number of carbonyl (C=O) groups excluding carboxylic acids is 3. The third-order valence-electron chi connectivity index (χ3n) is 3.22. The Morgan fingerprint density at radius 3 is 2.38 bits per heavy atom. The number of carbonyl (C=O) groups is 3. The number of hydrogen-bond donors (Lipinski definition) is 0. The molecule has 0 radical (unpaired) electrons. The second kappa shape index (κ2) is 7.45. The van der Waals surface area contributed by atoms with Gasteiger partial charge in [0.1, 0.15) is 0 Å². The molecule has 1 amide bonds. The van der Waals surface area contributed by atoms with Crippen LogP contribution in [0.15, 0.2) is 42.5 Å². The number of Topliss-reactive ketones (excluding diaryl/α,β-unsaturated/α-hetero) is 1. The van der Waals surface area contributed by atoms with Gasteiger partial charge in [-0.25, -0.2) is 13.6 Å². The van der Waals surface area contributed by atoms with Gasteiger partial charge in [0.15, 0.2) is 18.2 Å². The molecule has 7 heteroatoms. The molecular formula is C17H13F2NO4. The number of esters is 1. The lowest BCUT2D eigenvalue weighted by Crippen LogP contribution is -2.21. The molecule has 0 aliphatic heterocycles. The molecule has 2 aromatic carbocycles. The van der Waals surface area contributed by atoms with Gasteiger partial charge in [0.05, 0.1) is 11.3 Å². The number of ether oxygens (including phenoxy) is 1. The minimum Gasteiger partial charge on any atom is -0.454 e. The van der Waals surface area contributed by atoms with Crippen molar-refractivity contribution in [3.8, 4) is 0 Å². The van der Waals surface area contributed by atoms with Gasteiger partial charge in [-0.3, -0.25) is 9.59 Å². The number of benzene rings is 2. The Bertz CT molecular complexity index is 778. The topological polar surface area (TPSA) is 63.7 Å². The van der Waals surface area contributed by atoms with Crippen LogP contribution in [0.2, 0.25) is 0 Å². The fraction of sp³-hybridized carbons (Fsp3) is 0.118. The number of amides is 1. The summed E-state index contributed by atoms with van der Waals surface area (Å²) in [4.78, 5) is 35.7. The van der Waals surface area contributed by atoms with E-state index in [2.05, 4.69) is 0 Å². The third-order valence-corrected chi connectivity index (χ3v) is 3.22. The number of ketones is 1. The standard InChI is InChI=1S/C17H13F2NO4/c1-20(10-21)15-8-14(19)13(18)7-12(15)16(22)9-24-17(23)11-5-3-2-4-6-11/h2-8,10H,9H2,1H3. The van der Waals surface area contributed by atoms with Crippen molar-refractivity contribution in [2.45, 2.75) is 0 Å². The van der Waals surface area contributed by atoms with Crippen LogP contribution in [-0.2, 0) is 9.53 Å². The van der Waals surface area contributed by atoms with Crippen molar-refractivity contribution in [3.63, 3.8) is 0 Å². The highest BCUT2D eigenvalue weighted by Crippen LogP contribution is 2.23. The van der Waals surface area contributed by atoms with Crippen LogP contribution in [0, 0.1) is 11.6 Å². The van der Waals surface area contributed by atoms with E-state index in [-0.39, 0.29) is 16.8 Å². The van der Waals surface area contributed by atoms with Crippen molar-refractivity contribution in [2.24, 2.45) is 0 Å². The van der Waals surface area contributed by atoms with E-state index in [1.54, 1.807) is 18.2 Å². The van der Waals surface area contributed by atoms with Crippen molar-refractivity contribution in [1.29, 1.82) is 0 Å². The summed E-state index contributed by atoms with van der Waals surface area (Å²) in [5.41, 5.74) is -0.130. The van der Waals surface area contributed by atoms with Gasteiger partial charge >= 0.3 is 5.97 Å². The van der Waals surface area contributed by atoms with Crippen LogP contribution < -0.4 is 4.90 Å². The summed E-state index contributed by atoms with van der Waals surface area (Å²) in [6.45, 7) is -0.668. The summed E-state index contributed by atoms with van der Waals surface area (Å²) in [6, 6.07) is 9.39. The molecule has 0 atom stereocenters. The Morgan fingerprint density at radius 1 is 1.12 bits per heavy atom. The first kappa shape index (κ1) is 17.3. The van der Waals surface area contributed by atoms with Crippen LogP contribution >= 0.6 is 0 Å². The van der Waals surface area contributed by atoms with Crippen LogP contribution in [0.5, 0.6) is 0 Å². The highest BCUT2D eigenvalue weighted by atomic mass is 19.2. The SMILES string of the molecule is CN(C=O)c1cc(F)c(F)cc1C(=O)COC(=O)c1ccccc1. The second-order valence-corrected chi connectivity index (χ2v) is 4.87. The summed E-state index contributed by atoms with van der Waals surface area (Å²) in [7, 11) is 1.28. The fourth-order valence-corrected chi connectivity index (χ4v) is 1.97. The molecule has 0 aliphatic carbocycles. The normalized spacial score (nSPS) is 10.1. The Labute approximate surface area is 136 Å². The maximum atomic E-state index is 13.4. The van der Waals surface area contributed by atoms with Gasteiger partial charge in [-0.05, 0) is 18.2 Å². The summed E-state index contributed by atoms with van der Waals surface area (Å²) in [5, 5.41) is 0. The van der Waals surface area contributed by atoms with Crippen LogP contribution in [0.25, 0.3) is 0 Å². The Morgan fingerprint density at radius 2 is 1.75 bits per heavy atom. The molecule has 24 heavy (non-hydrogen) atoms. The highest BCUT2D eigenvalue weighted by Gasteiger charge is 2.20. The van der Waals surface area contributed by atoms with Crippen LogP contribution in [-0.4, -0.2) is 31.8 Å². The first-order valence-corrected chi connectivity index (χ1v) is 6.86. The van der Waals surface area contributed by atoms with Gasteiger partial charge in [-0.15, -0.1) is 0 Å². The molecule has 0 N–H and O–H groups in total. The summed E-state index contributed by atoms with van der Waals surface area (Å²) in [6.07, 6.45) is 0.347. The molecule has 2 aromatic rings. The second-order valence-electron chi connectivity index (χ2n) is 4.87. The van der Waals surface area contributed by atoms with Crippen molar-refractivity contribution in [1.82, 2.24) is 0 Å². The van der Waals surface area contributed by atoms with E-state index in [1.807, 2.05) is 0 Å². The van der Waals surface area contributed by atoms with E-state index in [0.717, 1.165) is 11.0 Å². The lowest BCUT2D eigenvalue weighted by molar-refractivity contribution is -0.107. The Balaban J connectivity index is 2.19. The Hall–Kier alpha value is -3.09. The summed E-state index contributed by atoms with van der Waals surface area (Å²) < 4.78 is 31.6. The number of nitrogens with zero attached hydrogens (tertiary/aromatic N) is 1. The average Bonchev–Trinajstić information content (AvgIpc) is 2.61. The number of rotatable bonds is 6. The van der Waals surface area contributed by atoms with Crippen molar-refractivity contribution in [3.05, 3.63) is 65.2 Å². The van der Waals surface area contributed by atoms with Crippen molar-refractivity contribution >= 4 is 23.9 Å². The van der Waals surface area contributed by atoms with Gasteiger partial charge in [-0.2, -0.15) is 0 Å². The predicted octanol–water partition coefficient (Wildman–Crippen LogP) is 2.60. The first-order chi connectivity index (χ1) is 11.4. The number of halogens is 2. The minimum atomic E-state index is -1.24. The van der Waals surface area contributed by atoms with Crippen molar-refractivity contribution in [2.75, 3.05) is 18.6 Å². The zero-order valence-corrected chi connectivity index (χ0v) is 12.7. The van der Waals surface area contributed by atoms with E-state index >= 15 is 0 Å². The quantitative estimate of drug-likeness (QED) is 0.463. The zero-order valence-electron chi connectivity index (χ0n) is 12.7. The van der Waals surface area contributed by atoms with Gasteiger partial charge in [0.2, 0.25) is 12.2 Å². The molecule has 0 saturated carbocycles. The van der Waals surface area contributed by atoms with E-state index in [4.69, 9.17) is 4.74 Å². The molecule has 5 nitrogen and oxygen atoms in total. The lowest BCUT2D eigenvalue weighted by Gasteiger charge is -2.16. The molecular weight excluding hydrogens is 320 g/mol. The van der Waals surface area contributed by atoms with Crippen LogP contribution in [0.1, 0.15) is 20.7 Å². The van der Waals surface area contributed by atoms with Gasteiger partial charge in [0.25, 0.3) is 0 Å². The van der Waals surface area contributed by atoms with Gasteiger partial charge < -0.3 is 9.64 Å². The first-order valence-electron chi connectivity index (χ1n) is 6.86. The van der Waals surface area contributed by atoms with E-state index in [0.29, 0.717) is 12.5 Å². The minimum absolute atomic E-state index is 0.121. The van der Waals surface area contributed by atoms with E-state index < -0.39 is 30.0 Å². The highest BCUT2D eigenvalue weighted by molar-refractivity contribution is 6.05. The molecule has 124 valence electrons. The zero-order chi connectivity index (χ0) is 17.7. The molecule has 0 aromatic heterocycles. The van der Waals surface area contributed by atoms with E-state index in [9.17, 15) is 23.2 Å². The number of anilines is 1. The molecule has 2 rings (SSSR count). The number of hydrogen-bond acceptors (Lipinski definition) is 4. The van der Waals surface area contributed by atoms with Crippen LogP contribution in [0.4, 0.5) is 14.5 Å². The maximum absolute atomic E-state index is 13.4. The largest absolute Gasteiger partial charge is 0.454 e.